The van der Waals surface area contributed by atoms with Gasteiger partial charge >= 0.3 is 5.91 Å². The van der Waals surface area contributed by atoms with Gasteiger partial charge in [-0.1, -0.05) is 0 Å². The van der Waals surface area contributed by atoms with Crippen molar-refractivity contribution in [3.8, 4) is 11.5 Å². The van der Waals surface area contributed by atoms with Gasteiger partial charge in [0, 0.05) is 0 Å². The smallest absolute Gasteiger partial charge is 0.307 e. The summed E-state index contributed by atoms with van der Waals surface area (Å²) in [5.74, 6) is 0.857. The Morgan fingerprint density at radius 2 is 2.24 bits per heavy atom. The average Bonchev–Trinajstić information content (AvgIpc) is 2.89. The molecule has 0 saturated heterocycles. The van der Waals surface area contributed by atoms with E-state index in [1.54, 1.807) is 31.2 Å². The highest BCUT2D eigenvalue weighted by Crippen LogP contribution is 2.26. The van der Waals surface area contributed by atoms with Crippen molar-refractivity contribution in [1.82, 2.24) is 5.43 Å². The number of benzene rings is 1. The summed E-state index contributed by atoms with van der Waals surface area (Å²) in [7, 11) is 0. The molecule has 21 heavy (non-hydrogen) atoms. The van der Waals surface area contributed by atoms with E-state index in [-0.39, 0.29) is 11.5 Å². The van der Waals surface area contributed by atoms with Crippen LogP contribution in [0, 0.1) is 6.92 Å². The standard InChI is InChI=1S/C15H16N2O4/c1-3-20-14-8-11(5-6-12(14)18)9-16-17-15(19)13-7-4-10(2)21-13/h4-9,18H,3H2,1-2H3,(H,17,19)/b16-9-. The first-order valence-corrected chi connectivity index (χ1v) is 6.46. The second-order valence-corrected chi connectivity index (χ2v) is 4.27. The van der Waals surface area contributed by atoms with Gasteiger partial charge in [-0.15, -0.1) is 0 Å². The maximum atomic E-state index is 11.7. The van der Waals surface area contributed by atoms with Crippen LogP contribution in [0.15, 0.2) is 39.9 Å². The first-order chi connectivity index (χ1) is 10.1. The van der Waals surface area contributed by atoms with Crippen LogP contribution in [0.5, 0.6) is 11.5 Å². The number of hydrazone groups is 1. The van der Waals surface area contributed by atoms with E-state index in [0.29, 0.717) is 23.7 Å². The molecule has 1 aromatic heterocycles. The molecule has 6 nitrogen and oxygen atoms in total. The zero-order valence-electron chi connectivity index (χ0n) is 11.8. The third-order valence-electron chi connectivity index (χ3n) is 2.63. The van der Waals surface area contributed by atoms with Crippen LogP contribution in [0.2, 0.25) is 0 Å². The summed E-state index contributed by atoms with van der Waals surface area (Å²) in [6.45, 7) is 4.03. The molecule has 0 aliphatic heterocycles. The number of phenolic OH excluding ortho intramolecular Hbond substituents is 1. The number of hydrogen-bond donors (Lipinski definition) is 2. The number of rotatable bonds is 5. The lowest BCUT2D eigenvalue weighted by Gasteiger charge is -2.05. The van der Waals surface area contributed by atoms with Crippen LogP contribution in [0.25, 0.3) is 0 Å². The summed E-state index contributed by atoms with van der Waals surface area (Å²) in [6.07, 6.45) is 1.45. The SMILES string of the molecule is CCOc1cc(/C=N\NC(=O)c2ccc(C)o2)ccc1O. The highest BCUT2D eigenvalue weighted by atomic mass is 16.5. The summed E-state index contributed by atoms with van der Waals surface area (Å²) >= 11 is 0. The van der Waals surface area contributed by atoms with Gasteiger partial charge in [-0.25, -0.2) is 5.43 Å². The number of phenols is 1. The molecule has 0 unspecified atom stereocenters. The van der Waals surface area contributed by atoms with Crippen molar-refractivity contribution >= 4 is 12.1 Å². The molecule has 0 aliphatic carbocycles. The van der Waals surface area contributed by atoms with Crippen LogP contribution in [-0.2, 0) is 0 Å². The molecule has 0 fully saturated rings. The van der Waals surface area contributed by atoms with E-state index >= 15 is 0 Å². The third kappa shape index (κ3) is 3.85. The minimum absolute atomic E-state index is 0.0593. The van der Waals surface area contributed by atoms with Crippen molar-refractivity contribution in [2.24, 2.45) is 5.10 Å². The summed E-state index contributed by atoms with van der Waals surface area (Å²) in [5, 5.41) is 13.4. The van der Waals surface area contributed by atoms with Crippen molar-refractivity contribution < 1.29 is 19.1 Å². The summed E-state index contributed by atoms with van der Waals surface area (Å²) < 4.78 is 10.4. The van der Waals surface area contributed by atoms with Gasteiger partial charge in [0.25, 0.3) is 0 Å². The lowest BCUT2D eigenvalue weighted by Crippen LogP contribution is -2.16. The second-order valence-electron chi connectivity index (χ2n) is 4.27. The molecular weight excluding hydrogens is 272 g/mol. The van der Waals surface area contributed by atoms with Gasteiger partial charge in [-0.05, 0) is 49.7 Å². The number of nitrogens with one attached hydrogen (secondary N) is 1. The van der Waals surface area contributed by atoms with Gasteiger partial charge in [0.2, 0.25) is 0 Å². The number of hydrogen-bond acceptors (Lipinski definition) is 5. The van der Waals surface area contributed by atoms with E-state index in [9.17, 15) is 9.90 Å². The maximum absolute atomic E-state index is 11.7. The quantitative estimate of drug-likeness (QED) is 0.654. The summed E-state index contributed by atoms with van der Waals surface area (Å²) in [5.41, 5.74) is 3.05. The molecule has 2 N–H and O–H groups in total. The second kappa shape index (κ2) is 6.60. The highest BCUT2D eigenvalue weighted by Gasteiger charge is 2.08. The van der Waals surface area contributed by atoms with Crippen molar-refractivity contribution in [3.05, 3.63) is 47.4 Å². The summed E-state index contributed by atoms with van der Waals surface area (Å²) in [4.78, 5) is 11.7. The van der Waals surface area contributed by atoms with Gasteiger partial charge < -0.3 is 14.3 Å². The first-order valence-electron chi connectivity index (χ1n) is 6.46. The van der Waals surface area contributed by atoms with Gasteiger partial charge in [0.1, 0.15) is 5.76 Å². The van der Waals surface area contributed by atoms with Gasteiger partial charge in [0.05, 0.1) is 12.8 Å². The van der Waals surface area contributed by atoms with Crippen LogP contribution in [0.3, 0.4) is 0 Å². The molecule has 6 heteroatoms. The third-order valence-corrected chi connectivity index (χ3v) is 2.63. The van der Waals surface area contributed by atoms with Gasteiger partial charge in [0.15, 0.2) is 17.3 Å². The van der Waals surface area contributed by atoms with Crippen LogP contribution in [0.1, 0.15) is 28.8 Å². The molecule has 2 aromatic rings. The Labute approximate surface area is 122 Å². The number of amides is 1. The Balaban J connectivity index is 2.01. The first kappa shape index (κ1) is 14.6. The Morgan fingerprint density at radius 1 is 1.43 bits per heavy atom. The van der Waals surface area contributed by atoms with E-state index in [1.807, 2.05) is 6.92 Å². The molecule has 0 radical (unpaired) electrons. The summed E-state index contributed by atoms with van der Waals surface area (Å²) in [6, 6.07) is 8.07. The fourth-order valence-corrected chi connectivity index (χ4v) is 1.66. The maximum Gasteiger partial charge on any atom is 0.307 e. The molecule has 1 aromatic carbocycles. The Hall–Kier alpha value is -2.76. The van der Waals surface area contributed by atoms with E-state index in [4.69, 9.17) is 9.15 Å². The Bertz CT molecular complexity index is 661. The minimum Gasteiger partial charge on any atom is -0.504 e. The molecule has 0 bridgehead atoms. The minimum atomic E-state index is -0.428. The number of nitrogens with zero attached hydrogens (tertiary/aromatic N) is 1. The average molecular weight is 288 g/mol. The van der Waals surface area contributed by atoms with E-state index in [0.717, 1.165) is 0 Å². The fourth-order valence-electron chi connectivity index (χ4n) is 1.66. The zero-order chi connectivity index (χ0) is 15.2. The van der Waals surface area contributed by atoms with Crippen molar-refractivity contribution in [2.45, 2.75) is 13.8 Å². The lowest BCUT2D eigenvalue weighted by atomic mass is 10.2. The van der Waals surface area contributed by atoms with Crippen LogP contribution in [-0.4, -0.2) is 23.8 Å². The number of aromatic hydroxyl groups is 1. The molecule has 1 amide bonds. The number of carbonyl (C=O) groups is 1. The van der Waals surface area contributed by atoms with E-state index < -0.39 is 5.91 Å². The predicted molar refractivity (Wildman–Crippen MR) is 77.8 cm³/mol. The molecular formula is C15H16N2O4. The lowest BCUT2D eigenvalue weighted by molar-refractivity contribution is 0.0926. The van der Waals surface area contributed by atoms with Crippen LogP contribution < -0.4 is 10.2 Å². The molecule has 2 rings (SSSR count). The molecule has 1 heterocycles. The number of aryl methyl sites for hydroxylation is 1. The molecule has 110 valence electrons. The van der Waals surface area contributed by atoms with Crippen LogP contribution in [0.4, 0.5) is 0 Å². The molecule has 0 spiro atoms. The Kier molecular flexibility index (Phi) is 4.61. The van der Waals surface area contributed by atoms with Gasteiger partial charge in [-0.2, -0.15) is 5.10 Å². The molecule has 0 saturated carbocycles. The molecule has 0 aliphatic rings. The van der Waals surface area contributed by atoms with Crippen molar-refractivity contribution in [2.75, 3.05) is 6.61 Å². The number of ether oxygens (including phenoxy) is 1. The normalized spacial score (nSPS) is 10.8. The zero-order valence-corrected chi connectivity index (χ0v) is 11.8. The van der Waals surface area contributed by atoms with Crippen LogP contribution >= 0.6 is 0 Å². The largest absolute Gasteiger partial charge is 0.504 e. The number of furan rings is 1. The molecule has 0 atom stereocenters. The monoisotopic (exact) mass is 288 g/mol. The van der Waals surface area contributed by atoms with Gasteiger partial charge in [-0.3, -0.25) is 4.79 Å². The highest BCUT2D eigenvalue weighted by molar-refractivity contribution is 5.92. The topological polar surface area (TPSA) is 84.1 Å². The van der Waals surface area contributed by atoms with Crippen molar-refractivity contribution in [1.29, 1.82) is 0 Å². The van der Waals surface area contributed by atoms with E-state index in [1.165, 1.54) is 12.3 Å². The number of carbonyl (C=O) groups excluding carboxylic acids is 1. The van der Waals surface area contributed by atoms with Crippen molar-refractivity contribution in [3.63, 3.8) is 0 Å². The fraction of sp³-hybridized carbons (Fsp3) is 0.200. The predicted octanol–water partition coefficient (Wildman–Crippen LogP) is 2.46. The Morgan fingerprint density at radius 3 is 2.90 bits per heavy atom. The van der Waals surface area contributed by atoms with E-state index in [2.05, 4.69) is 10.5 Å².